The monoisotopic (exact) mass is 347 g/mol. The van der Waals surface area contributed by atoms with Gasteiger partial charge in [-0.05, 0) is 69.0 Å². The maximum atomic E-state index is 5.73. The molecular weight excluding hydrogens is 326 g/mol. The Balaban J connectivity index is 2.44. The fourth-order valence-corrected chi connectivity index (χ4v) is 2.94. The van der Waals surface area contributed by atoms with E-state index in [0.29, 0.717) is 12.5 Å². The topological polar surface area (TPSA) is 51.8 Å². The molecule has 0 saturated carbocycles. The van der Waals surface area contributed by atoms with Crippen LogP contribution in [-0.4, -0.2) is 16.5 Å². The Bertz CT molecular complexity index is 629. The molecule has 21 heavy (non-hydrogen) atoms. The Kier molecular flexibility index (Phi) is 5.12. The summed E-state index contributed by atoms with van der Waals surface area (Å²) in [6.45, 7) is 9.05. The molecule has 0 fully saturated rings. The summed E-state index contributed by atoms with van der Waals surface area (Å²) in [5.74, 6) is 1.26. The van der Waals surface area contributed by atoms with E-state index in [1.807, 2.05) is 6.07 Å². The molecule has 4 heteroatoms. The quantitative estimate of drug-likeness (QED) is 0.910. The van der Waals surface area contributed by atoms with Crippen molar-refractivity contribution in [1.82, 2.24) is 9.97 Å². The van der Waals surface area contributed by atoms with Crippen LogP contribution in [-0.2, 0) is 6.42 Å². The molecule has 0 aliphatic carbocycles. The molecule has 0 spiro atoms. The first kappa shape index (κ1) is 16.1. The Morgan fingerprint density at radius 1 is 1.14 bits per heavy atom. The van der Waals surface area contributed by atoms with Crippen LogP contribution < -0.4 is 5.73 Å². The van der Waals surface area contributed by atoms with Crippen molar-refractivity contribution in [3.05, 3.63) is 45.2 Å². The minimum Gasteiger partial charge on any atom is -0.330 e. The average Bonchev–Trinajstić information content (AvgIpc) is 2.42. The first-order chi connectivity index (χ1) is 9.92. The molecule has 0 aliphatic heterocycles. The number of aryl methyl sites for hydroxylation is 3. The predicted octanol–water partition coefficient (Wildman–Crippen LogP) is 3.97. The fourth-order valence-electron chi connectivity index (χ4n) is 2.47. The smallest absolute Gasteiger partial charge is 0.159 e. The summed E-state index contributed by atoms with van der Waals surface area (Å²) in [5, 5.41) is 0. The molecule has 0 saturated heterocycles. The third kappa shape index (κ3) is 3.69. The second-order valence-electron chi connectivity index (χ2n) is 5.70. The van der Waals surface area contributed by atoms with Gasteiger partial charge in [-0.1, -0.05) is 22.9 Å². The SMILES string of the molecule is Cc1cc(Br)ccc1-c1nc(C)c(CC(C)CN)c(C)n1. The minimum atomic E-state index is 0.450. The summed E-state index contributed by atoms with van der Waals surface area (Å²) < 4.78 is 1.07. The number of hydrogen-bond acceptors (Lipinski definition) is 3. The van der Waals surface area contributed by atoms with Crippen molar-refractivity contribution < 1.29 is 0 Å². The molecule has 0 aliphatic rings. The first-order valence-electron chi connectivity index (χ1n) is 7.23. The summed E-state index contributed by atoms with van der Waals surface area (Å²) in [7, 11) is 0. The van der Waals surface area contributed by atoms with Gasteiger partial charge >= 0.3 is 0 Å². The van der Waals surface area contributed by atoms with E-state index in [0.717, 1.165) is 33.7 Å². The van der Waals surface area contributed by atoms with Gasteiger partial charge in [0.25, 0.3) is 0 Å². The van der Waals surface area contributed by atoms with Crippen molar-refractivity contribution >= 4 is 15.9 Å². The Hall–Kier alpha value is -1.26. The zero-order chi connectivity index (χ0) is 15.6. The molecule has 3 nitrogen and oxygen atoms in total. The second kappa shape index (κ2) is 6.67. The molecule has 2 rings (SSSR count). The average molecular weight is 348 g/mol. The lowest BCUT2D eigenvalue weighted by atomic mass is 9.98. The molecule has 112 valence electrons. The molecule has 1 heterocycles. The Morgan fingerprint density at radius 2 is 1.76 bits per heavy atom. The van der Waals surface area contributed by atoms with Crippen LogP contribution in [0.5, 0.6) is 0 Å². The van der Waals surface area contributed by atoms with Gasteiger partial charge in [-0.15, -0.1) is 0 Å². The summed E-state index contributed by atoms with van der Waals surface area (Å²) in [6.07, 6.45) is 0.938. The van der Waals surface area contributed by atoms with Gasteiger partial charge in [0.2, 0.25) is 0 Å². The third-order valence-electron chi connectivity index (χ3n) is 3.80. The second-order valence-corrected chi connectivity index (χ2v) is 6.62. The van der Waals surface area contributed by atoms with Crippen molar-refractivity contribution in [1.29, 1.82) is 0 Å². The van der Waals surface area contributed by atoms with E-state index in [9.17, 15) is 0 Å². The van der Waals surface area contributed by atoms with E-state index < -0.39 is 0 Å². The maximum Gasteiger partial charge on any atom is 0.159 e. The number of nitrogens with zero attached hydrogens (tertiary/aromatic N) is 2. The number of aromatic nitrogens is 2. The van der Waals surface area contributed by atoms with Gasteiger partial charge in [-0.25, -0.2) is 9.97 Å². The molecule has 2 N–H and O–H groups in total. The molecule has 1 unspecified atom stereocenters. The number of halogens is 1. The molecule has 0 radical (unpaired) electrons. The molecule has 1 aromatic carbocycles. The highest BCUT2D eigenvalue weighted by atomic mass is 79.9. The van der Waals surface area contributed by atoms with Gasteiger partial charge in [-0.3, -0.25) is 0 Å². The van der Waals surface area contributed by atoms with Crippen LogP contribution in [0.1, 0.15) is 29.4 Å². The minimum absolute atomic E-state index is 0.450. The fraction of sp³-hybridized carbons (Fsp3) is 0.412. The molecule has 2 aromatic rings. The lowest BCUT2D eigenvalue weighted by Crippen LogP contribution is -2.15. The lowest BCUT2D eigenvalue weighted by molar-refractivity contribution is 0.586. The van der Waals surface area contributed by atoms with E-state index in [4.69, 9.17) is 15.7 Å². The largest absolute Gasteiger partial charge is 0.330 e. The molecule has 1 atom stereocenters. The number of rotatable bonds is 4. The number of hydrogen-bond donors (Lipinski definition) is 1. The Labute approximate surface area is 135 Å². The van der Waals surface area contributed by atoms with Gasteiger partial charge in [0.15, 0.2) is 5.82 Å². The van der Waals surface area contributed by atoms with Crippen molar-refractivity contribution in [3.8, 4) is 11.4 Å². The van der Waals surface area contributed by atoms with E-state index in [-0.39, 0.29) is 0 Å². The van der Waals surface area contributed by atoms with Crippen LogP contribution in [0.25, 0.3) is 11.4 Å². The maximum absolute atomic E-state index is 5.73. The van der Waals surface area contributed by atoms with Gasteiger partial charge in [0.1, 0.15) is 0 Å². The van der Waals surface area contributed by atoms with E-state index in [1.165, 1.54) is 11.1 Å². The van der Waals surface area contributed by atoms with Gasteiger partial charge in [0.05, 0.1) is 0 Å². The van der Waals surface area contributed by atoms with Crippen LogP contribution in [0, 0.1) is 26.7 Å². The summed E-state index contributed by atoms with van der Waals surface area (Å²) in [6, 6.07) is 6.18. The first-order valence-corrected chi connectivity index (χ1v) is 8.02. The molecule has 1 aromatic heterocycles. The number of nitrogens with two attached hydrogens (primary N) is 1. The van der Waals surface area contributed by atoms with E-state index in [1.54, 1.807) is 0 Å². The summed E-state index contributed by atoms with van der Waals surface area (Å²) >= 11 is 3.49. The Morgan fingerprint density at radius 3 is 2.29 bits per heavy atom. The van der Waals surface area contributed by atoms with Crippen LogP contribution >= 0.6 is 15.9 Å². The van der Waals surface area contributed by atoms with Crippen LogP contribution in [0.4, 0.5) is 0 Å². The highest BCUT2D eigenvalue weighted by molar-refractivity contribution is 9.10. The molecular formula is C17H22BrN3. The zero-order valence-electron chi connectivity index (χ0n) is 13.1. The lowest BCUT2D eigenvalue weighted by Gasteiger charge is -2.15. The van der Waals surface area contributed by atoms with Crippen molar-refractivity contribution in [3.63, 3.8) is 0 Å². The number of benzene rings is 1. The van der Waals surface area contributed by atoms with E-state index >= 15 is 0 Å². The normalized spacial score (nSPS) is 12.5. The third-order valence-corrected chi connectivity index (χ3v) is 4.30. The molecule has 0 bridgehead atoms. The van der Waals surface area contributed by atoms with Crippen molar-refractivity contribution in [2.45, 2.75) is 34.1 Å². The summed E-state index contributed by atoms with van der Waals surface area (Å²) in [5.41, 5.74) is 11.3. The zero-order valence-corrected chi connectivity index (χ0v) is 14.7. The predicted molar refractivity (Wildman–Crippen MR) is 91.3 cm³/mol. The highest BCUT2D eigenvalue weighted by Gasteiger charge is 2.13. The molecule has 0 amide bonds. The van der Waals surface area contributed by atoms with Gasteiger partial charge in [-0.2, -0.15) is 0 Å². The van der Waals surface area contributed by atoms with Crippen LogP contribution in [0.3, 0.4) is 0 Å². The van der Waals surface area contributed by atoms with Crippen molar-refractivity contribution in [2.24, 2.45) is 11.7 Å². The van der Waals surface area contributed by atoms with Crippen molar-refractivity contribution in [2.75, 3.05) is 6.54 Å². The van der Waals surface area contributed by atoms with Crippen LogP contribution in [0.2, 0.25) is 0 Å². The standard InChI is InChI=1S/C17H22BrN3/c1-10(9-19)7-16-12(3)20-17(21-13(16)4)15-6-5-14(18)8-11(15)2/h5-6,8,10H,7,9,19H2,1-4H3. The van der Waals surface area contributed by atoms with Gasteiger partial charge in [0, 0.05) is 21.4 Å². The summed E-state index contributed by atoms with van der Waals surface area (Å²) in [4.78, 5) is 9.43. The van der Waals surface area contributed by atoms with Gasteiger partial charge < -0.3 is 5.73 Å². The van der Waals surface area contributed by atoms with E-state index in [2.05, 4.69) is 55.8 Å². The van der Waals surface area contributed by atoms with Crippen LogP contribution in [0.15, 0.2) is 22.7 Å². The highest BCUT2D eigenvalue weighted by Crippen LogP contribution is 2.25.